The van der Waals surface area contributed by atoms with Crippen molar-refractivity contribution in [3.63, 3.8) is 0 Å². The first-order valence-corrected chi connectivity index (χ1v) is 8.31. The average molecular weight is 379 g/mol. The summed E-state index contributed by atoms with van der Waals surface area (Å²) in [5.41, 5.74) is 6.59. The van der Waals surface area contributed by atoms with Gasteiger partial charge in [-0.15, -0.1) is 11.6 Å². The molecule has 1 heterocycles. The number of carbonyl (C=O) groups excluding carboxylic acids is 1. The second kappa shape index (κ2) is 8.50. The maximum absolute atomic E-state index is 12.6. The van der Waals surface area contributed by atoms with Gasteiger partial charge in [-0.1, -0.05) is 0 Å². The number of benzene rings is 1. The molecule has 1 atom stereocenters. The normalized spacial score (nSPS) is 16.7. The van der Waals surface area contributed by atoms with Crippen molar-refractivity contribution in [3.8, 4) is 17.6 Å². The van der Waals surface area contributed by atoms with Gasteiger partial charge in [-0.25, -0.2) is 4.79 Å². The highest BCUT2D eigenvalue weighted by atomic mass is 35.5. The van der Waals surface area contributed by atoms with Crippen molar-refractivity contribution in [1.29, 1.82) is 5.26 Å². The Morgan fingerprint density at radius 3 is 2.65 bits per heavy atom. The maximum Gasteiger partial charge on any atom is 0.338 e. The van der Waals surface area contributed by atoms with Gasteiger partial charge >= 0.3 is 5.97 Å². The Bertz CT molecular complexity index is 810. The van der Waals surface area contributed by atoms with Crippen LogP contribution in [0, 0.1) is 11.3 Å². The maximum atomic E-state index is 12.6. The molecule has 26 heavy (non-hydrogen) atoms. The van der Waals surface area contributed by atoms with Gasteiger partial charge in [0.2, 0.25) is 5.88 Å². The summed E-state index contributed by atoms with van der Waals surface area (Å²) in [5, 5.41) is 9.62. The van der Waals surface area contributed by atoms with E-state index in [1.54, 1.807) is 25.1 Å². The first-order valence-electron chi connectivity index (χ1n) is 7.77. The third-order valence-electron chi connectivity index (χ3n) is 3.86. The lowest BCUT2D eigenvalue weighted by Crippen LogP contribution is -2.27. The Balaban J connectivity index is 2.77. The number of halogens is 1. The first kappa shape index (κ1) is 19.5. The fourth-order valence-corrected chi connectivity index (χ4v) is 2.92. The smallest absolute Gasteiger partial charge is 0.338 e. The van der Waals surface area contributed by atoms with Crippen LogP contribution in [0.4, 0.5) is 0 Å². The zero-order valence-corrected chi connectivity index (χ0v) is 15.4. The van der Waals surface area contributed by atoms with E-state index in [-0.39, 0.29) is 35.3 Å². The minimum absolute atomic E-state index is 0.0634. The zero-order valence-electron chi connectivity index (χ0n) is 14.7. The van der Waals surface area contributed by atoms with E-state index in [2.05, 4.69) is 0 Å². The van der Waals surface area contributed by atoms with E-state index < -0.39 is 11.9 Å². The van der Waals surface area contributed by atoms with Gasteiger partial charge in [-0.05, 0) is 25.1 Å². The number of nitrogens with two attached hydrogens (primary N) is 1. The van der Waals surface area contributed by atoms with Crippen LogP contribution in [0.5, 0.6) is 11.5 Å². The number of hydrogen-bond acceptors (Lipinski definition) is 7. The molecule has 0 unspecified atom stereocenters. The van der Waals surface area contributed by atoms with E-state index in [0.29, 0.717) is 17.1 Å². The van der Waals surface area contributed by atoms with Crippen molar-refractivity contribution < 1.29 is 23.7 Å². The number of nitriles is 1. The molecule has 1 aromatic rings. The molecule has 0 radical (unpaired) electrons. The minimum Gasteiger partial charge on any atom is -0.497 e. The number of alkyl halides is 1. The van der Waals surface area contributed by atoms with Crippen LogP contribution < -0.4 is 15.2 Å². The Kier molecular flexibility index (Phi) is 6.36. The molecule has 0 bridgehead atoms. The van der Waals surface area contributed by atoms with Gasteiger partial charge in [-0.2, -0.15) is 5.26 Å². The average Bonchev–Trinajstić information content (AvgIpc) is 2.66. The van der Waals surface area contributed by atoms with Gasteiger partial charge < -0.3 is 24.7 Å². The van der Waals surface area contributed by atoms with Crippen LogP contribution in [0.3, 0.4) is 0 Å². The summed E-state index contributed by atoms with van der Waals surface area (Å²) in [6.45, 7) is 1.83. The number of carbonyl (C=O) groups is 1. The van der Waals surface area contributed by atoms with Crippen molar-refractivity contribution in [2.45, 2.75) is 12.8 Å². The number of allylic oxidation sites excluding steroid dienone is 2. The van der Waals surface area contributed by atoms with Gasteiger partial charge in [0.05, 0.1) is 38.2 Å². The molecule has 0 amide bonds. The van der Waals surface area contributed by atoms with E-state index in [0.717, 1.165) is 0 Å². The molecule has 1 aliphatic rings. The van der Waals surface area contributed by atoms with Gasteiger partial charge in [0.1, 0.15) is 28.9 Å². The van der Waals surface area contributed by atoms with E-state index in [9.17, 15) is 10.1 Å². The molecule has 0 aliphatic carbocycles. The molecule has 0 spiro atoms. The number of hydrogen-bond donors (Lipinski definition) is 1. The molecule has 0 aromatic heterocycles. The van der Waals surface area contributed by atoms with Gasteiger partial charge in [0.25, 0.3) is 0 Å². The van der Waals surface area contributed by atoms with E-state index in [1.165, 1.54) is 14.2 Å². The largest absolute Gasteiger partial charge is 0.497 e. The van der Waals surface area contributed by atoms with Crippen molar-refractivity contribution in [2.75, 3.05) is 26.7 Å². The topological polar surface area (TPSA) is 104 Å². The minimum atomic E-state index is -0.855. The van der Waals surface area contributed by atoms with Gasteiger partial charge in [-0.3, -0.25) is 0 Å². The van der Waals surface area contributed by atoms with Crippen LogP contribution >= 0.6 is 11.6 Å². The number of methoxy groups -OCH3 is 2. The number of esters is 1. The summed E-state index contributed by atoms with van der Waals surface area (Å²) in [6, 6.07) is 7.07. The quantitative estimate of drug-likeness (QED) is 0.599. The zero-order chi connectivity index (χ0) is 19.3. The summed E-state index contributed by atoms with van der Waals surface area (Å²) >= 11 is 5.95. The van der Waals surface area contributed by atoms with Gasteiger partial charge in [0, 0.05) is 5.56 Å². The van der Waals surface area contributed by atoms with E-state index in [1.807, 2.05) is 6.07 Å². The highest BCUT2D eigenvalue weighted by molar-refractivity contribution is 6.19. The second-order valence-corrected chi connectivity index (χ2v) is 5.49. The first-order chi connectivity index (χ1) is 12.5. The highest BCUT2D eigenvalue weighted by Gasteiger charge is 2.39. The molecule has 2 N–H and O–H groups in total. The monoisotopic (exact) mass is 378 g/mol. The number of ether oxygens (including phenoxy) is 4. The molecule has 0 saturated heterocycles. The number of nitrogens with zero attached hydrogens (tertiary/aromatic N) is 1. The van der Waals surface area contributed by atoms with E-state index in [4.69, 9.17) is 36.3 Å². The SMILES string of the molecule is CCOC(=O)C1=C(CCl)OC(N)=C(C#N)[C@@H]1c1cc(OC)ccc1OC. The van der Waals surface area contributed by atoms with Crippen LogP contribution in [0.15, 0.2) is 41.0 Å². The molecule has 8 heteroatoms. The lowest BCUT2D eigenvalue weighted by atomic mass is 9.82. The predicted molar refractivity (Wildman–Crippen MR) is 94.6 cm³/mol. The van der Waals surface area contributed by atoms with Crippen molar-refractivity contribution >= 4 is 17.6 Å². The van der Waals surface area contributed by atoms with Crippen LogP contribution in [0.1, 0.15) is 18.4 Å². The fourth-order valence-electron chi connectivity index (χ4n) is 2.73. The second-order valence-electron chi connectivity index (χ2n) is 5.22. The van der Waals surface area contributed by atoms with Crippen molar-refractivity contribution in [2.24, 2.45) is 5.73 Å². The van der Waals surface area contributed by atoms with Crippen molar-refractivity contribution in [3.05, 3.63) is 46.6 Å². The van der Waals surface area contributed by atoms with Crippen LogP contribution in [0.25, 0.3) is 0 Å². The molecule has 1 aromatic carbocycles. The summed E-state index contributed by atoms with van der Waals surface area (Å²) < 4.78 is 21.2. The molecule has 0 fully saturated rings. The molecule has 2 rings (SSSR count). The summed E-state index contributed by atoms with van der Waals surface area (Å²) in [5.74, 6) is -0.615. The molecule has 138 valence electrons. The lowest BCUT2D eigenvalue weighted by Gasteiger charge is -2.28. The van der Waals surface area contributed by atoms with E-state index >= 15 is 0 Å². The Labute approximate surface area is 156 Å². The molecular weight excluding hydrogens is 360 g/mol. The molecule has 7 nitrogen and oxygen atoms in total. The highest BCUT2D eigenvalue weighted by Crippen LogP contribution is 2.44. The predicted octanol–water partition coefficient (Wildman–Crippen LogP) is 2.57. The third kappa shape index (κ3) is 3.55. The molecule has 0 saturated carbocycles. The summed E-state index contributed by atoms with van der Waals surface area (Å²) in [7, 11) is 3.00. The number of rotatable bonds is 6. The third-order valence-corrected chi connectivity index (χ3v) is 4.10. The van der Waals surface area contributed by atoms with Crippen molar-refractivity contribution in [1.82, 2.24) is 0 Å². The Morgan fingerprint density at radius 2 is 2.12 bits per heavy atom. The molecule has 1 aliphatic heterocycles. The van der Waals surface area contributed by atoms with Crippen LogP contribution in [0.2, 0.25) is 0 Å². The Hall–Kier alpha value is -2.85. The van der Waals surface area contributed by atoms with Gasteiger partial charge in [0.15, 0.2) is 0 Å². The summed E-state index contributed by atoms with van der Waals surface area (Å²) in [6.07, 6.45) is 0. The fraction of sp³-hybridized carbons (Fsp3) is 0.333. The molecular formula is C18H19ClN2O5. The van der Waals surface area contributed by atoms with Crippen LogP contribution in [-0.4, -0.2) is 32.7 Å². The summed E-state index contributed by atoms with van der Waals surface area (Å²) in [4.78, 5) is 12.6. The Morgan fingerprint density at radius 1 is 1.38 bits per heavy atom. The lowest BCUT2D eigenvalue weighted by molar-refractivity contribution is -0.139. The standard InChI is InChI=1S/C18H19ClN2O5/c1-4-25-18(22)16-14(8-19)26-17(21)12(9-20)15(16)11-7-10(23-2)5-6-13(11)24-3/h5-7,15H,4,8,21H2,1-3H3/t15-/m0/s1. The van der Waals surface area contributed by atoms with Crippen LogP contribution in [-0.2, 0) is 14.3 Å².